The number of Topliss-reactive ketones (excluding diaryl/α,β-unsaturated/α-hetero) is 1. The summed E-state index contributed by atoms with van der Waals surface area (Å²) in [4.78, 5) is 12.0. The van der Waals surface area contributed by atoms with Crippen LogP contribution in [0.15, 0.2) is 42.5 Å². The molecule has 110 valence electrons. The molecular formula is C17H17FO3. The third-order valence-corrected chi connectivity index (χ3v) is 3.02. The van der Waals surface area contributed by atoms with Crippen molar-refractivity contribution >= 4 is 5.78 Å². The van der Waals surface area contributed by atoms with E-state index in [4.69, 9.17) is 9.47 Å². The number of ether oxygens (including phenoxy) is 2. The molecule has 0 aromatic heterocycles. The van der Waals surface area contributed by atoms with Gasteiger partial charge in [0.1, 0.15) is 24.8 Å². The molecule has 4 heteroatoms. The van der Waals surface area contributed by atoms with E-state index in [-0.39, 0.29) is 24.8 Å². The van der Waals surface area contributed by atoms with Crippen LogP contribution in [0.2, 0.25) is 0 Å². The predicted octanol–water partition coefficient (Wildman–Crippen LogP) is 3.54. The summed E-state index contributed by atoms with van der Waals surface area (Å²) in [5, 5.41) is 0. The Balaban J connectivity index is 2.15. The van der Waals surface area contributed by atoms with E-state index in [0.717, 1.165) is 11.1 Å². The minimum atomic E-state index is -0.287. The fraction of sp³-hybridized carbons (Fsp3) is 0.235. The van der Waals surface area contributed by atoms with Crippen molar-refractivity contribution in [2.24, 2.45) is 0 Å². The maximum atomic E-state index is 12.8. The number of methoxy groups -OCH3 is 1. The van der Waals surface area contributed by atoms with Crippen LogP contribution in [0.5, 0.6) is 5.75 Å². The van der Waals surface area contributed by atoms with E-state index in [1.807, 2.05) is 13.0 Å². The monoisotopic (exact) mass is 288 g/mol. The molecule has 0 saturated heterocycles. The van der Waals surface area contributed by atoms with E-state index < -0.39 is 0 Å². The van der Waals surface area contributed by atoms with Crippen molar-refractivity contribution in [3.05, 3.63) is 65.0 Å². The number of hydrogen-bond acceptors (Lipinski definition) is 3. The van der Waals surface area contributed by atoms with Crippen molar-refractivity contribution in [2.45, 2.75) is 13.5 Å². The second-order valence-electron chi connectivity index (χ2n) is 4.77. The summed E-state index contributed by atoms with van der Waals surface area (Å²) in [6.07, 6.45) is 0. The van der Waals surface area contributed by atoms with Gasteiger partial charge in [0.2, 0.25) is 0 Å². The lowest BCUT2D eigenvalue weighted by molar-refractivity contribution is 0.0843. The van der Waals surface area contributed by atoms with Crippen molar-refractivity contribution < 1.29 is 18.7 Å². The van der Waals surface area contributed by atoms with Crippen LogP contribution in [0, 0.1) is 12.7 Å². The SMILES string of the molecule is COCC(=O)c1cc(C)ccc1OCc1ccc(F)cc1. The van der Waals surface area contributed by atoms with Gasteiger partial charge < -0.3 is 9.47 Å². The van der Waals surface area contributed by atoms with Gasteiger partial charge in [-0.25, -0.2) is 4.39 Å². The normalized spacial score (nSPS) is 10.4. The Morgan fingerprint density at radius 1 is 1.14 bits per heavy atom. The van der Waals surface area contributed by atoms with E-state index in [2.05, 4.69) is 0 Å². The molecule has 3 nitrogen and oxygen atoms in total. The Hall–Kier alpha value is -2.20. The third kappa shape index (κ3) is 4.13. The van der Waals surface area contributed by atoms with Gasteiger partial charge in [-0.2, -0.15) is 0 Å². The van der Waals surface area contributed by atoms with Crippen molar-refractivity contribution in [2.75, 3.05) is 13.7 Å². The maximum absolute atomic E-state index is 12.8. The molecule has 0 N–H and O–H groups in total. The summed E-state index contributed by atoms with van der Waals surface area (Å²) in [5.74, 6) is 0.0901. The van der Waals surface area contributed by atoms with Crippen molar-refractivity contribution in [1.82, 2.24) is 0 Å². The average Bonchev–Trinajstić information content (AvgIpc) is 2.48. The zero-order valence-electron chi connectivity index (χ0n) is 12.1. The van der Waals surface area contributed by atoms with E-state index in [1.54, 1.807) is 24.3 Å². The average molecular weight is 288 g/mol. The summed E-state index contributed by atoms with van der Waals surface area (Å²) in [6, 6.07) is 11.5. The van der Waals surface area contributed by atoms with Gasteiger partial charge in [0.05, 0.1) is 5.56 Å². The topological polar surface area (TPSA) is 35.5 Å². The molecule has 0 saturated carbocycles. The molecule has 0 aliphatic carbocycles. The first-order valence-electron chi connectivity index (χ1n) is 6.60. The van der Waals surface area contributed by atoms with E-state index in [9.17, 15) is 9.18 Å². The fourth-order valence-corrected chi connectivity index (χ4v) is 1.94. The second kappa shape index (κ2) is 6.99. The molecule has 0 aliphatic rings. The fourth-order valence-electron chi connectivity index (χ4n) is 1.94. The molecule has 0 amide bonds. The van der Waals surface area contributed by atoms with Gasteiger partial charge in [0.25, 0.3) is 0 Å². The number of rotatable bonds is 6. The van der Waals surface area contributed by atoms with Gasteiger partial charge in [0, 0.05) is 7.11 Å². The molecule has 0 unspecified atom stereocenters. The molecule has 0 atom stereocenters. The summed E-state index contributed by atoms with van der Waals surface area (Å²) in [6.45, 7) is 2.19. The summed E-state index contributed by atoms with van der Waals surface area (Å²) in [5.41, 5.74) is 2.31. The molecule has 0 fully saturated rings. The number of benzene rings is 2. The molecule has 2 rings (SSSR count). The van der Waals surface area contributed by atoms with Crippen LogP contribution in [0.4, 0.5) is 4.39 Å². The molecule has 0 aliphatic heterocycles. The molecule has 2 aromatic carbocycles. The Morgan fingerprint density at radius 2 is 1.86 bits per heavy atom. The van der Waals surface area contributed by atoms with Gasteiger partial charge in [-0.3, -0.25) is 4.79 Å². The number of aryl methyl sites for hydroxylation is 1. The van der Waals surface area contributed by atoms with Gasteiger partial charge in [-0.05, 0) is 36.8 Å². The Kier molecular flexibility index (Phi) is 5.06. The zero-order valence-corrected chi connectivity index (χ0v) is 12.1. The third-order valence-electron chi connectivity index (χ3n) is 3.02. The van der Waals surface area contributed by atoms with Crippen LogP contribution in [-0.2, 0) is 11.3 Å². The highest BCUT2D eigenvalue weighted by atomic mass is 19.1. The first-order chi connectivity index (χ1) is 10.1. The lowest BCUT2D eigenvalue weighted by Gasteiger charge is -2.11. The lowest BCUT2D eigenvalue weighted by Crippen LogP contribution is -2.10. The molecule has 0 bridgehead atoms. The van der Waals surface area contributed by atoms with Gasteiger partial charge in [-0.15, -0.1) is 0 Å². The lowest BCUT2D eigenvalue weighted by atomic mass is 10.1. The Labute approximate surface area is 123 Å². The second-order valence-corrected chi connectivity index (χ2v) is 4.77. The molecule has 0 heterocycles. The smallest absolute Gasteiger partial charge is 0.192 e. The summed E-state index contributed by atoms with van der Waals surface area (Å²) >= 11 is 0. The Morgan fingerprint density at radius 3 is 2.52 bits per heavy atom. The number of ketones is 1. The number of hydrogen-bond donors (Lipinski definition) is 0. The van der Waals surface area contributed by atoms with Crippen molar-refractivity contribution in [3.8, 4) is 5.75 Å². The molecular weight excluding hydrogens is 271 g/mol. The van der Waals surface area contributed by atoms with Crippen LogP contribution in [-0.4, -0.2) is 19.5 Å². The minimum Gasteiger partial charge on any atom is -0.488 e. The van der Waals surface area contributed by atoms with Gasteiger partial charge in [-0.1, -0.05) is 23.8 Å². The predicted molar refractivity (Wildman–Crippen MR) is 78.1 cm³/mol. The van der Waals surface area contributed by atoms with E-state index in [1.165, 1.54) is 19.2 Å². The van der Waals surface area contributed by atoms with E-state index >= 15 is 0 Å². The molecule has 0 spiro atoms. The van der Waals surface area contributed by atoms with Gasteiger partial charge in [0.15, 0.2) is 5.78 Å². The molecule has 0 radical (unpaired) electrons. The van der Waals surface area contributed by atoms with Crippen LogP contribution in [0.1, 0.15) is 21.5 Å². The van der Waals surface area contributed by atoms with Gasteiger partial charge >= 0.3 is 0 Å². The molecule has 2 aromatic rings. The van der Waals surface area contributed by atoms with Crippen molar-refractivity contribution in [3.63, 3.8) is 0 Å². The molecule has 21 heavy (non-hydrogen) atoms. The Bertz CT molecular complexity index is 620. The van der Waals surface area contributed by atoms with Crippen LogP contribution < -0.4 is 4.74 Å². The van der Waals surface area contributed by atoms with Crippen LogP contribution in [0.25, 0.3) is 0 Å². The van der Waals surface area contributed by atoms with Crippen LogP contribution >= 0.6 is 0 Å². The minimum absolute atomic E-state index is 0.0103. The van der Waals surface area contributed by atoms with Crippen LogP contribution in [0.3, 0.4) is 0 Å². The highest BCUT2D eigenvalue weighted by Crippen LogP contribution is 2.22. The highest BCUT2D eigenvalue weighted by molar-refractivity contribution is 5.99. The largest absolute Gasteiger partial charge is 0.488 e. The van der Waals surface area contributed by atoms with E-state index in [0.29, 0.717) is 11.3 Å². The first kappa shape index (κ1) is 15.2. The van der Waals surface area contributed by atoms with Crippen molar-refractivity contribution in [1.29, 1.82) is 0 Å². The number of carbonyl (C=O) groups is 1. The number of carbonyl (C=O) groups excluding carboxylic acids is 1. The zero-order chi connectivity index (χ0) is 15.2. The summed E-state index contributed by atoms with van der Waals surface area (Å²) < 4.78 is 23.4. The first-order valence-corrected chi connectivity index (χ1v) is 6.60. The quantitative estimate of drug-likeness (QED) is 0.763. The highest BCUT2D eigenvalue weighted by Gasteiger charge is 2.13. The maximum Gasteiger partial charge on any atom is 0.192 e. The number of halogens is 1. The summed E-state index contributed by atoms with van der Waals surface area (Å²) in [7, 11) is 1.48. The standard InChI is InChI=1S/C17H17FO3/c1-12-3-8-17(15(9-12)16(19)11-20-2)21-10-13-4-6-14(18)7-5-13/h3-9H,10-11H2,1-2H3.